The van der Waals surface area contributed by atoms with Crippen LogP contribution >= 0.6 is 0 Å². The quantitative estimate of drug-likeness (QED) is 0.509. The predicted octanol–water partition coefficient (Wildman–Crippen LogP) is 3.37. The minimum absolute atomic E-state index is 0.0590. The molecule has 9 heteroatoms. The number of fused-ring (bicyclic) bond motifs is 3. The molecule has 9 nitrogen and oxygen atoms in total. The van der Waals surface area contributed by atoms with Crippen LogP contribution in [0.25, 0.3) is 11.1 Å². The van der Waals surface area contributed by atoms with E-state index in [2.05, 4.69) is 27.9 Å². The van der Waals surface area contributed by atoms with Gasteiger partial charge in [0, 0.05) is 25.1 Å². The Balaban J connectivity index is 1.39. The highest BCUT2D eigenvalue weighted by Crippen LogP contribution is 2.44. The molecule has 1 atom stereocenters. The molecule has 0 radical (unpaired) electrons. The Labute approximate surface area is 190 Å². The van der Waals surface area contributed by atoms with E-state index in [9.17, 15) is 14.4 Å². The molecule has 2 amide bonds. The second kappa shape index (κ2) is 9.15. The molecule has 2 aromatic carbocycles. The van der Waals surface area contributed by atoms with Crippen molar-refractivity contribution >= 4 is 23.8 Å². The maximum Gasteiger partial charge on any atom is 0.412 e. The van der Waals surface area contributed by atoms with Crippen molar-refractivity contribution in [2.45, 2.75) is 25.3 Å². The number of nitrogens with zero attached hydrogens (tertiary/aromatic N) is 2. The zero-order valence-electron chi connectivity index (χ0n) is 18.2. The Morgan fingerprint density at radius 3 is 2.30 bits per heavy atom. The average Bonchev–Trinajstić information content (AvgIpc) is 3.29. The molecular weight excluding hydrogens is 424 g/mol. The summed E-state index contributed by atoms with van der Waals surface area (Å²) in [5.74, 6) is -1.32. The Kier molecular flexibility index (Phi) is 6.12. The van der Waals surface area contributed by atoms with Crippen molar-refractivity contribution in [2.75, 3.05) is 11.9 Å². The Hall–Kier alpha value is -4.14. The zero-order valence-corrected chi connectivity index (χ0v) is 18.2. The number of nitrogens with one attached hydrogen (secondary N) is 2. The number of aliphatic carboxylic acids is 1. The highest BCUT2D eigenvalue weighted by molar-refractivity contribution is 5.94. The molecule has 1 aliphatic rings. The van der Waals surface area contributed by atoms with Crippen molar-refractivity contribution in [3.8, 4) is 11.1 Å². The van der Waals surface area contributed by atoms with E-state index in [0.29, 0.717) is 0 Å². The molecule has 3 N–H and O–H groups in total. The van der Waals surface area contributed by atoms with Gasteiger partial charge in [-0.15, -0.1) is 0 Å². The molecule has 0 saturated heterocycles. The molecular formula is C24H24N4O5. The van der Waals surface area contributed by atoms with E-state index in [1.165, 1.54) is 10.7 Å². The number of benzene rings is 2. The number of amides is 2. The number of rotatable bonds is 7. The first-order chi connectivity index (χ1) is 15.8. The monoisotopic (exact) mass is 448 g/mol. The summed E-state index contributed by atoms with van der Waals surface area (Å²) in [5.41, 5.74) is 4.56. The number of aromatic nitrogens is 2. The summed E-state index contributed by atoms with van der Waals surface area (Å²) in [7, 11) is 1.58. The summed E-state index contributed by atoms with van der Waals surface area (Å²) in [4.78, 5) is 35.5. The summed E-state index contributed by atoms with van der Waals surface area (Å²) in [6.45, 7) is 1.75. The minimum atomic E-state index is -1.01. The Morgan fingerprint density at radius 1 is 1.09 bits per heavy atom. The molecule has 0 saturated carbocycles. The van der Waals surface area contributed by atoms with Gasteiger partial charge in [-0.2, -0.15) is 5.10 Å². The molecule has 0 bridgehead atoms. The van der Waals surface area contributed by atoms with E-state index in [4.69, 9.17) is 9.84 Å². The number of carboxylic acid groups (broad SMARTS) is 1. The van der Waals surface area contributed by atoms with Gasteiger partial charge < -0.3 is 15.2 Å². The van der Waals surface area contributed by atoms with E-state index in [-0.39, 0.29) is 30.5 Å². The third-order valence-electron chi connectivity index (χ3n) is 5.54. The van der Waals surface area contributed by atoms with Crippen molar-refractivity contribution in [1.29, 1.82) is 0 Å². The van der Waals surface area contributed by atoms with Crippen LogP contribution in [0.3, 0.4) is 0 Å². The SMILES string of the molecule is CC(CC(=O)O)NC(=O)c1cc(NC(=O)OCC2c3ccccc3-c3ccccc32)n(C)n1. The number of anilines is 1. The first-order valence-corrected chi connectivity index (χ1v) is 10.5. The molecule has 4 rings (SSSR count). The molecule has 33 heavy (non-hydrogen) atoms. The van der Waals surface area contributed by atoms with Crippen molar-refractivity contribution < 1.29 is 24.2 Å². The number of carbonyl (C=O) groups is 3. The molecule has 3 aromatic rings. The second-order valence-corrected chi connectivity index (χ2v) is 7.96. The van der Waals surface area contributed by atoms with E-state index in [1.54, 1.807) is 14.0 Å². The first kappa shape index (κ1) is 22.1. The maximum atomic E-state index is 12.5. The topological polar surface area (TPSA) is 123 Å². The standard InChI is InChI=1S/C24H24N4O5/c1-14(11-22(29)30)25-23(31)20-12-21(28(2)27-20)26-24(32)33-13-19-17-9-5-3-7-15(17)16-8-4-6-10-18(16)19/h3-10,12,14,19H,11,13H2,1-2H3,(H,25,31)(H,26,32)(H,29,30). The second-order valence-electron chi connectivity index (χ2n) is 7.96. The van der Waals surface area contributed by atoms with Crippen molar-refractivity contribution in [3.05, 3.63) is 71.4 Å². The van der Waals surface area contributed by atoms with Crippen LogP contribution in [0, 0.1) is 0 Å². The minimum Gasteiger partial charge on any atom is -0.481 e. The Bertz CT molecular complexity index is 1170. The first-order valence-electron chi connectivity index (χ1n) is 10.5. The van der Waals surface area contributed by atoms with Gasteiger partial charge in [0.15, 0.2) is 5.69 Å². The molecule has 170 valence electrons. The van der Waals surface area contributed by atoms with Gasteiger partial charge >= 0.3 is 12.1 Å². The fourth-order valence-corrected chi connectivity index (χ4v) is 4.04. The summed E-state index contributed by atoms with van der Waals surface area (Å²) >= 11 is 0. The third kappa shape index (κ3) is 4.72. The summed E-state index contributed by atoms with van der Waals surface area (Å²) in [5, 5.41) is 18.1. The van der Waals surface area contributed by atoms with Crippen LogP contribution in [0.4, 0.5) is 10.6 Å². The smallest absolute Gasteiger partial charge is 0.412 e. The van der Waals surface area contributed by atoms with Crippen LogP contribution < -0.4 is 10.6 Å². The molecule has 1 unspecified atom stereocenters. The van der Waals surface area contributed by atoms with Crippen LogP contribution in [0.1, 0.15) is 40.9 Å². The zero-order chi connectivity index (χ0) is 23.5. The van der Waals surface area contributed by atoms with Gasteiger partial charge in [0.2, 0.25) is 0 Å². The van der Waals surface area contributed by atoms with Gasteiger partial charge in [0.1, 0.15) is 12.4 Å². The molecule has 0 aliphatic heterocycles. The van der Waals surface area contributed by atoms with Gasteiger partial charge in [0.25, 0.3) is 5.91 Å². The largest absolute Gasteiger partial charge is 0.481 e. The number of carbonyl (C=O) groups excluding carboxylic acids is 2. The van der Waals surface area contributed by atoms with Gasteiger partial charge in [0.05, 0.1) is 6.42 Å². The van der Waals surface area contributed by atoms with Gasteiger partial charge in [-0.1, -0.05) is 48.5 Å². The molecule has 0 fully saturated rings. The lowest BCUT2D eigenvalue weighted by atomic mass is 9.98. The number of hydrogen-bond donors (Lipinski definition) is 3. The lowest BCUT2D eigenvalue weighted by Gasteiger charge is -2.14. The van der Waals surface area contributed by atoms with Gasteiger partial charge in [-0.25, -0.2) is 4.79 Å². The molecule has 1 aliphatic carbocycles. The summed E-state index contributed by atoms with van der Waals surface area (Å²) in [6, 6.07) is 17.0. The predicted molar refractivity (Wildman–Crippen MR) is 121 cm³/mol. The summed E-state index contributed by atoms with van der Waals surface area (Å²) in [6.07, 6.45) is -0.866. The molecule has 1 heterocycles. The van der Waals surface area contributed by atoms with Crippen LogP contribution in [-0.2, 0) is 16.6 Å². The van der Waals surface area contributed by atoms with E-state index >= 15 is 0 Å². The highest BCUT2D eigenvalue weighted by Gasteiger charge is 2.29. The van der Waals surface area contributed by atoms with E-state index < -0.39 is 24.0 Å². The summed E-state index contributed by atoms with van der Waals surface area (Å²) < 4.78 is 6.87. The van der Waals surface area contributed by atoms with Gasteiger partial charge in [-0.05, 0) is 29.2 Å². The van der Waals surface area contributed by atoms with E-state index in [1.807, 2.05) is 36.4 Å². The normalized spacial score (nSPS) is 13.0. The van der Waals surface area contributed by atoms with Crippen LogP contribution in [0.2, 0.25) is 0 Å². The number of aryl methyl sites for hydroxylation is 1. The van der Waals surface area contributed by atoms with Crippen molar-refractivity contribution in [1.82, 2.24) is 15.1 Å². The molecule has 0 spiro atoms. The lowest BCUT2D eigenvalue weighted by Crippen LogP contribution is -2.34. The van der Waals surface area contributed by atoms with Crippen LogP contribution in [-0.4, -0.2) is 45.5 Å². The van der Waals surface area contributed by atoms with Crippen molar-refractivity contribution in [3.63, 3.8) is 0 Å². The Morgan fingerprint density at radius 2 is 1.70 bits per heavy atom. The lowest BCUT2D eigenvalue weighted by molar-refractivity contribution is -0.137. The van der Waals surface area contributed by atoms with Crippen LogP contribution in [0.5, 0.6) is 0 Å². The number of hydrogen-bond acceptors (Lipinski definition) is 5. The average molecular weight is 448 g/mol. The van der Waals surface area contributed by atoms with Gasteiger partial charge in [-0.3, -0.25) is 19.6 Å². The number of carboxylic acids is 1. The highest BCUT2D eigenvalue weighted by atomic mass is 16.5. The third-order valence-corrected chi connectivity index (χ3v) is 5.54. The molecule has 1 aromatic heterocycles. The fourth-order valence-electron chi connectivity index (χ4n) is 4.04. The maximum absolute atomic E-state index is 12.5. The van der Waals surface area contributed by atoms with E-state index in [0.717, 1.165) is 22.3 Å². The van der Waals surface area contributed by atoms with Crippen LogP contribution in [0.15, 0.2) is 54.6 Å². The fraction of sp³-hybridized carbons (Fsp3) is 0.250. The number of ether oxygens (including phenoxy) is 1. The van der Waals surface area contributed by atoms with Crippen molar-refractivity contribution in [2.24, 2.45) is 7.05 Å².